The lowest BCUT2D eigenvalue weighted by atomic mass is 9.85. The summed E-state index contributed by atoms with van der Waals surface area (Å²) in [6.45, 7) is 4.49. The van der Waals surface area contributed by atoms with E-state index in [2.05, 4.69) is 13.8 Å². The molecule has 0 aromatic rings. The molecule has 2 fully saturated rings. The minimum Gasteiger partial charge on any atom is -0.480 e. The van der Waals surface area contributed by atoms with Crippen LogP contribution in [0.3, 0.4) is 0 Å². The minimum atomic E-state index is -2.98. The second kappa shape index (κ2) is 6.24. The van der Waals surface area contributed by atoms with Crippen LogP contribution in [0.5, 0.6) is 0 Å². The van der Waals surface area contributed by atoms with Crippen molar-refractivity contribution >= 4 is 15.8 Å². The average Bonchev–Trinajstić information content (AvgIpc) is 2.60. The van der Waals surface area contributed by atoms with Gasteiger partial charge in [-0.15, -0.1) is 0 Å². The average molecular weight is 317 g/mol. The summed E-state index contributed by atoms with van der Waals surface area (Å²) < 4.78 is 23.4. The van der Waals surface area contributed by atoms with Gasteiger partial charge in [0.05, 0.1) is 18.1 Å². The zero-order valence-corrected chi connectivity index (χ0v) is 13.9. The van der Waals surface area contributed by atoms with Crippen molar-refractivity contribution in [2.75, 3.05) is 18.1 Å². The van der Waals surface area contributed by atoms with Crippen molar-refractivity contribution in [2.24, 2.45) is 5.41 Å². The van der Waals surface area contributed by atoms with Crippen LogP contribution in [0.15, 0.2) is 0 Å². The molecule has 2 rings (SSSR count). The molecule has 1 saturated heterocycles. The Bertz CT molecular complexity index is 486. The number of aliphatic carboxylic acids is 1. The van der Waals surface area contributed by atoms with Crippen LogP contribution in [0.4, 0.5) is 0 Å². The summed E-state index contributed by atoms with van der Waals surface area (Å²) in [5, 5.41) is 9.19. The summed E-state index contributed by atoms with van der Waals surface area (Å²) >= 11 is 0. The van der Waals surface area contributed by atoms with E-state index in [1.54, 1.807) is 0 Å². The third kappa shape index (κ3) is 4.68. The fourth-order valence-electron chi connectivity index (χ4n) is 3.72. The molecule has 1 heterocycles. The van der Waals surface area contributed by atoms with Gasteiger partial charge in [0, 0.05) is 12.1 Å². The van der Waals surface area contributed by atoms with Crippen LogP contribution in [0, 0.1) is 5.41 Å². The second-order valence-corrected chi connectivity index (χ2v) is 9.60. The van der Waals surface area contributed by atoms with Gasteiger partial charge >= 0.3 is 5.97 Å². The molecular weight excluding hydrogens is 290 g/mol. The summed E-state index contributed by atoms with van der Waals surface area (Å²) in [7, 11) is -2.98. The maximum atomic E-state index is 11.7. The molecule has 0 aromatic carbocycles. The Balaban J connectivity index is 2.10. The molecule has 1 aliphatic heterocycles. The molecule has 2 atom stereocenters. The standard InChI is InChI=1S/C15H27NO4S/c1-15(2)7-3-4-12(5-8-15)16(10-14(17)18)13-6-9-21(19,20)11-13/h12-13H,3-11H2,1-2H3,(H,17,18). The SMILES string of the molecule is CC1(C)CCCC(N(CC(=O)O)C2CCS(=O)(=O)C2)CC1. The molecule has 0 bridgehead atoms. The van der Waals surface area contributed by atoms with E-state index in [-0.39, 0.29) is 30.1 Å². The van der Waals surface area contributed by atoms with E-state index in [1.165, 1.54) is 0 Å². The van der Waals surface area contributed by atoms with Crippen molar-refractivity contribution < 1.29 is 18.3 Å². The molecule has 1 N–H and O–H groups in total. The summed E-state index contributed by atoms with van der Waals surface area (Å²) in [6.07, 6.45) is 5.85. The van der Waals surface area contributed by atoms with Crippen molar-refractivity contribution in [3.63, 3.8) is 0 Å². The highest BCUT2D eigenvalue weighted by Gasteiger charge is 2.37. The normalized spacial score (nSPS) is 32.0. The lowest BCUT2D eigenvalue weighted by Gasteiger charge is -2.34. The number of nitrogens with zero attached hydrogens (tertiary/aromatic N) is 1. The predicted octanol–water partition coefficient (Wildman–Crippen LogP) is 1.92. The van der Waals surface area contributed by atoms with E-state index in [1.807, 2.05) is 4.90 Å². The van der Waals surface area contributed by atoms with E-state index in [0.717, 1.165) is 32.1 Å². The first-order valence-electron chi connectivity index (χ1n) is 7.86. The third-order valence-corrected chi connectivity index (χ3v) is 6.76. The van der Waals surface area contributed by atoms with E-state index in [9.17, 15) is 18.3 Å². The summed E-state index contributed by atoms with van der Waals surface area (Å²) in [4.78, 5) is 13.2. The highest BCUT2D eigenvalue weighted by atomic mass is 32.2. The molecule has 2 unspecified atom stereocenters. The first kappa shape index (κ1) is 16.7. The third-order valence-electron chi connectivity index (χ3n) is 5.01. The van der Waals surface area contributed by atoms with E-state index >= 15 is 0 Å². The van der Waals surface area contributed by atoms with Gasteiger partial charge in [0.15, 0.2) is 9.84 Å². The van der Waals surface area contributed by atoms with Gasteiger partial charge in [0.25, 0.3) is 0 Å². The number of hydrogen-bond acceptors (Lipinski definition) is 4. The molecule has 0 aromatic heterocycles. The minimum absolute atomic E-state index is 0.0364. The maximum absolute atomic E-state index is 11.7. The van der Waals surface area contributed by atoms with Crippen LogP contribution in [-0.4, -0.2) is 54.5 Å². The number of carboxylic acid groups (broad SMARTS) is 1. The van der Waals surface area contributed by atoms with Gasteiger partial charge in [-0.3, -0.25) is 9.69 Å². The number of hydrogen-bond donors (Lipinski definition) is 1. The summed E-state index contributed by atoms with van der Waals surface area (Å²) in [5.74, 6) is -0.533. The maximum Gasteiger partial charge on any atom is 0.317 e. The van der Waals surface area contributed by atoms with E-state index in [4.69, 9.17) is 0 Å². The van der Waals surface area contributed by atoms with Crippen LogP contribution in [0.25, 0.3) is 0 Å². The number of carboxylic acids is 1. The molecule has 0 spiro atoms. The molecular formula is C15H27NO4S. The van der Waals surface area contributed by atoms with Gasteiger partial charge in [-0.1, -0.05) is 20.3 Å². The number of sulfone groups is 1. The summed E-state index contributed by atoms with van der Waals surface area (Å²) in [6, 6.07) is 0.0958. The Morgan fingerprint density at radius 1 is 1.19 bits per heavy atom. The zero-order chi connectivity index (χ0) is 15.7. The Labute approximate surface area is 127 Å². The molecule has 1 saturated carbocycles. The quantitative estimate of drug-likeness (QED) is 0.802. The van der Waals surface area contributed by atoms with E-state index < -0.39 is 15.8 Å². The molecule has 0 radical (unpaired) electrons. The molecule has 122 valence electrons. The number of rotatable bonds is 4. The smallest absolute Gasteiger partial charge is 0.317 e. The molecule has 1 aliphatic carbocycles. The van der Waals surface area contributed by atoms with Gasteiger partial charge in [-0.05, 0) is 37.5 Å². The molecule has 0 amide bonds. The molecule has 2 aliphatic rings. The van der Waals surface area contributed by atoms with Gasteiger partial charge in [-0.25, -0.2) is 8.42 Å². The van der Waals surface area contributed by atoms with Crippen molar-refractivity contribution in [2.45, 2.75) is 64.5 Å². The lowest BCUT2D eigenvalue weighted by Crippen LogP contribution is -2.46. The molecule has 21 heavy (non-hydrogen) atoms. The van der Waals surface area contributed by atoms with Gasteiger partial charge < -0.3 is 5.11 Å². The van der Waals surface area contributed by atoms with Crippen LogP contribution >= 0.6 is 0 Å². The van der Waals surface area contributed by atoms with E-state index in [0.29, 0.717) is 11.8 Å². The van der Waals surface area contributed by atoms with Crippen LogP contribution in [0.1, 0.15) is 52.4 Å². The largest absolute Gasteiger partial charge is 0.480 e. The second-order valence-electron chi connectivity index (χ2n) is 7.37. The first-order chi connectivity index (χ1) is 9.69. The number of carbonyl (C=O) groups is 1. The van der Waals surface area contributed by atoms with Gasteiger partial charge in [0.1, 0.15) is 0 Å². The van der Waals surface area contributed by atoms with Crippen molar-refractivity contribution in [3.8, 4) is 0 Å². The monoisotopic (exact) mass is 317 g/mol. The van der Waals surface area contributed by atoms with Crippen LogP contribution in [-0.2, 0) is 14.6 Å². The van der Waals surface area contributed by atoms with Crippen molar-refractivity contribution in [1.29, 1.82) is 0 Å². The fourth-order valence-corrected chi connectivity index (χ4v) is 5.47. The van der Waals surface area contributed by atoms with Crippen molar-refractivity contribution in [1.82, 2.24) is 4.90 Å². The fraction of sp³-hybridized carbons (Fsp3) is 0.933. The van der Waals surface area contributed by atoms with Gasteiger partial charge in [-0.2, -0.15) is 0 Å². The first-order valence-corrected chi connectivity index (χ1v) is 9.69. The Kier molecular flexibility index (Phi) is 4.98. The summed E-state index contributed by atoms with van der Waals surface area (Å²) in [5.41, 5.74) is 0.311. The molecule has 5 nitrogen and oxygen atoms in total. The highest BCUT2D eigenvalue weighted by molar-refractivity contribution is 7.91. The van der Waals surface area contributed by atoms with Crippen molar-refractivity contribution in [3.05, 3.63) is 0 Å². The Morgan fingerprint density at radius 3 is 2.48 bits per heavy atom. The van der Waals surface area contributed by atoms with Crippen LogP contribution < -0.4 is 0 Å². The highest BCUT2D eigenvalue weighted by Crippen LogP contribution is 2.36. The zero-order valence-electron chi connectivity index (χ0n) is 13.0. The molecule has 6 heteroatoms. The topological polar surface area (TPSA) is 74.7 Å². The Morgan fingerprint density at radius 2 is 1.90 bits per heavy atom. The van der Waals surface area contributed by atoms with Crippen LogP contribution in [0.2, 0.25) is 0 Å². The predicted molar refractivity (Wildman–Crippen MR) is 82.1 cm³/mol. The van der Waals surface area contributed by atoms with Gasteiger partial charge in [0.2, 0.25) is 0 Å². The lowest BCUT2D eigenvalue weighted by molar-refractivity contribution is -0.139. The Hall–Kier alpha value is -0.620.